The third kappa shape index (κ3) is 4.77. The summed E-state index contributed by atoms with van der Waals surface area (Å²) >= 11 is 0. The van der Waals surface area contributed by atoms with Gasteiger partial charge in [-0.2, -0.15) is 0 Å². The van der Waals surface area contributed by atoms with Crippen molar-refractivity contribution in [3.8, 4) is 0 Å². The second-order valence-electron chi connectivity index (χ2n) is 9.50. The second kappa shape index (κ2) is 10.1. The number of rotatable bonds is 7. The van der Waals surface area contributed by atoms with Crippen LogP contribution in [0.25, 0.3) is 21.8 Å². The number of fused-ring (bicyclic) bond motifs is 3. The van der Waals surface area contributed by atoms with E-state index in [9.17, 15) is 9.90 Å². The molecule has 1 saturated heterocycles. The zero-order valence-electron chi connectivity index (χ0n) is 20.6. The number of aliphatic hydroxyl groups excluding tert-OH is 1. The Morgan fingerprint density at radius 2 is 1.77 bits per heavy atom. The van der Waals surface area contributed by atoms with Crippen LogP contribution in [0.4, 0.5) is 11.4 Å². The summed E-state index contributed by atoms with van der Waals surface area (Å²) < 4.78 is 2.31. The van der Waals surface area contributed by atoms with Gasteiger partial charge >= 0.3 is 0 Å². The molecule has 1 amide bonds. The van der Waals surface area contributed by atoms with Crippen LogP contribution in [-0.2, 0) is 17.9 Å². The normalized spacial score (nSPS) is 15.1. The van der Waals surface area contributed by atoms with E-state index in [2.05, 4.69) is 76.4 Å². The molecule has 0 spiro atoms. The second-order valence-corrected chi connectivity index (χ2v) is 9.50. The summed E-state index contributed by atoms with van der Waals surface area (Å²) in [5.41, 5.74) is 6.39. The third-order valence-corrected chi connectivity index (χ3v) is 7.21. The standard InChI is InChI=1S/C29H34N4O2/c1-3-33-26-10-5-4-9-24(26)25-17-23(11-12-27(25)33)30-28(35)18-32-15-13-22(14-16-32)31-29-20(2)7-6-8-21(29)19-34/h4-12,17,22,31,34H,3,13-16,18-19H2,1-2H3,(H,30,35). The summed E-state index contributed by atoms with van der Waals surface area (Å²) in [6.07, 6.45) is 1.93. The molecule has 2 heterocycles. The van der Waals surface area contributed by atoms with Crippen LogP contribution < -0.4 is 10.6 Å². The molecule has 4 aromatic rings. The minimum atomic E-state index is 0.0245. The first-order valence-electron chi connectivity index (χ1n) is 12.6. The van der Waals surface area contributed by atoms with Crippen molar-refractivity contribution in [2.45, 2.75) is 45.9 Å². The largest absolute Gasteiger partial charge is 0.392 e. The molecule has 1 fully saturated rings. The van der Waals surface area contributed by atoms with Crippen LogP contribution in [0.2, 0.25) is 0 Å². The molecule has 0 saturated carbocycles. The van der Waals surface area contributed by atoms with E-state index in [0.717, 1.165) is 55.0 Å². The Hall–Kier alpha value is -3.35. The molecule has 1 aromatic heterocycles. The molecule has 0 radical (unpaired) electrons. The lowest BCUT2D eigenvalue weighted by atomic mass is 10.0. The summed E-state index contributed by atoms with van der Waals surface area (Å²) in [6.45, 7) is 7.31. The van der Waals surface area contributed by atoms with Gasteiger partial charge in [0.25, 0.3) is 0 Å². The molecule has 0 atom stereocenters. The molecule has 1 aliphatic rings. The molecule has 3 aromatic carbocycles. The number of para-hydroxylation sites is 2. The molecule has 182 valence electrons. The van der Waals surface area contributed by atoms with Crippen molar-refractivity contribution in [1.29, 1.82) is 0 Å². The van der Waals surface area contributed by atoms with Crippen LogP contribution in [-0.4, -0.2) is 46.2 Å². The van der Waals surface area contributed by atoms with Crippen molar-refractivity contribution in [2.24, 2.45) is 0 Å². The maximum atomic E-state index is 12.8. The lowest BCUT2D eigenvalue weighted by Gasteiger charge is -2.33. The smallest absolute Gasteiger partial charge is 0.238 e. The van der Waals surface area contributed by atoms with Gasteiger partial charge in [0.2, 0.25) is 5.91 Å². The molecule has 3 N–H and O–H groups in total. The number of likely N-dealkylation sites (tertiary alicyclic amines) is 1. The van der Waals surface area contributed by atoms with Gasteiger partial charge in [-0.25, -0.2) is 0 Å². The number of nitrogens with zero attached hydrogens (tertiary/aromatic N) is 2. The minimum Gasteiger partial charge on any atom is -0.392 e. The van der Waals surface area contributed by atoms with Crippen LogP contribution in [0, 0.1) is 6.92 Å². The van der Waals surface area contributed by atoms with E-state index in [1.807, 2.05) is 18.2 Å². The number of amides is 1. The average Bonchev–Trinajstić information content (AvgIpc) is 3.19. The maximum absolute atomic E-state index is 12.8. The highest BCUT2D eigenvalue weighted by Gasteiger charge is 2.22. The number of anilines is 2. The van der Waals surface area contributed by atoms with Crippen molar-refractivity contribution >= 4 is 39.1 Å². The first kappa shape index (κ1) is 23.4. The fourth-order valence-electron chi connectivity index (χ4n) is 5.38. The summed E-state index contributed by atoms with van der Waals surface area (Å²) in [5.74, 6) is 0.0245. The molecule has 6 heteroatoms. The van der Waals surface area contributed by atoms with E-state index < -0.39 is 0 Å². The predicted octanol–water partition coefficient (Wildman–Crippen LogP) is 5.13. The number of aryl methyl sites for hydroxylation is 2. The number of benzene rings is 3. The van der Waals surface area contributed by atoms with Crippen LogP contribution in [0.5, 0.6) is 0 Å². The molecular formula is C29H34N4O2. The Morgan fingerprint density at radius 3 is 2.54 bits per heavy atom. The predicted molar refractivity (Wildman–Crippen MR) is 144 cm³/mol. The lowest BCUT2D eigenvalue weighted by molar-refractivity contribution is -0.117. The number of nitrogens with one attached hydrogen (secondary N) is 2. The molecule has 35 heavy (non-hydrogen) atoms. The number of aliphatic hydroxyl groups is 1. The minimum absolute atomic E-state index is 0.0245. The maximum Gasteiger partial charge on any atom is 0.238 e. The van der Waals surface area contributed by atoms with Crippen LogP contribution >= 0.6 is 0 Å². The number of hydrogen-bond acceptors (Lipinski definition) is 4. The topological polar surface area (TPSA) is 69.5 Å². The van der Waals surface area contributed by atoms with Gasteiger partial charge in [-0.15, -0.1) is 0 Å². The number of piperidine rings is 1. The Labute approximate surface area is 206 Å². The monoisotopic (exact) mass is 470 g/mol. The van der Waals surface area contributed by atoms with Gasteiger partial charge in [-0.1, -0.05) is 36.4 Å². The van der Waals surface area contributed by atoms with Crippen LogP contribution in [0.15, 0.2) is 60.7 Å². The van der Waals surface area contributed by atoms with Gasteiger partial charge in [0.05, 0.1) is 13.2 Å². The van der Waals surface area contributed by atoms with E-state index in [4.69, 9.17) is 0 Å². The fraction of sp³-hybridized carbons (Fsp3) is 0.345. The zero-order valence-corrected chi connectivity index (χ0v) is 20.6. The van der Waals surface area contributed by atoms with Crippen molar-refractivity contribution in [1.82, 2.24) is 9.47 Å². The van der Waals surface area contributed by atoms with E-state index in [-0.39, 0.29) is 12.5 Å². The molecule has 1 aliphatic heterocycles. The molecular weight excluding hydrogens is 436 g/mol. The quantitative estimate of drug-likeness (QED) is 0.350. The van der Waals surface area contributed by atoms with Gasteiger partial charge in [0.15, 0.2) is 0 Å². The number of carbonyl (C=O) groups excluding carboxylic acids is 1. The summed E-state index contributed by atoms with van der Waals surface area (Å²) in [6, 6.07) is 21.0. The third-order valence-electron chi connectivity index (χ3n) is 7.21. The van der Waals surface area contributed by atoms with Crippen LogP contribution in [0.1, 0.15) is 30.9 Å². The Morgan fingerprint density at radius 1 is 1.00 bits per heavy atom. The number of aromatic nitrogens is 1. The van der Waals surface area contributed by atoms with Crippen molar-refractivity contribution in [3.05, 3.63) is 71.8 Å². The first-order chi connectivity index (χ1) is 17.1. The highest BCUT2D eigenvalue weighted by molar-refractivity contribution is 6.09. The number of carbonyl (C=O) groups is 1. The van der Waals surface area contributed by atoms with E-state index in [0.29, 0.717) is 12.6 Å². The van der Waals surface area contributed by atoms with E-state index in [1.165, 1.54) is 21.8 Å². The van der Waals surface area contributed by atoms with Gasteiger partial charge in [-0.3, -0.25) is 9.69 Å². The van der Waals surface area contributed by atoms with Gasteiger partial charge < -0.3 is 20.3 Å². The Kier molecular flexibility index (Phi) is 6.75. The Balaban J connectivity index is 1.20. The van der Waals surface area contributed by atoms with E-state index in [1.54, 1.807) is 0 Å². The van der Waals surface area contributed by atoms with Gasteiger partial charge in [0, 0.05) is 64.4 Å². The molecule has 0 aliphatic carbocycles. The summed E-state index contributed by atoms with van der Waals surface area (Å²) in [4.78, 5) is 15.1. The highest BCUT2D eigenvalue weighted by atomic mass is 16.3. The van der Waals surface area contributed by atoms with Crippen molar-refractivity contribution in [3.63, 3.8) is 0 Å². The molecule has 5 rings (SSSR count). The van der Waals surface area contributed by atoms with Gasteiger partial charge in [0.1, 0.15) is 0 Å². The van der Waals surface area contributed by atoms with Crippen molar-refractivity contribution < 1.29 is 9.90 Å². The van der Waals surface area contributed by atoms with Gasteiger partial charge in [-0.05, 0) is 56.5 Å². The number of hydrogen-bond donors (Lipinski definition) is 3. The Bertz CT molecular complexity index is 1350. The van der Waals surface area contributed by atoms with Crippen LogP contribution in [0.3, 0.4) is 0 Å². The average molecular weight is 471 g/mol. The fourth-order valence-corrected chi connectivity index (χ4v) is 5.38. The SMILES string of the molecule is CCn1c2ccccc2c2cc(NC(=O)CN3CCC(Nc4c(C)cccc4CO)CC3)ccc21. The highest BCUT2D eigenvalue weighted by Crippen LogP contribution is 2.31. The van der Waals surface area contributed by atoms with Crippen molar-refractivity contribution in [2.75, 3.05) is 30.3 Å². The molecule has 6 nitrogen and oxygen atoms in total. The summed E-state index contributed by atoms with van der Waals surface area (Å²) in [7, 11) is 0. The molecule has 0 bridgehead atoms. The molecule has 0 unspecified atom stereocenters. The zero-order chi connectivity index (χ0) is 24.4. The summed E-state index contributed by atoms with van der Waals surface area (Å²) in [5, 5.41) is 18.8. The first-order valence-corrected chi connectivity index (χ1v) is 12.6. The van der Waals surface area contributed by atoms with E-state index >= 15 is 0 Å². The lowest BCUT2D eigenvalue weighted by Crippen LogP contribution is -2.42.